The maximum absolute atomic E-state index is 2.59. The third-order valence-corrected chi connectivity index (χ3v) is 11.8. The van der Waals surface area contributed by atoms with Gasteiger partial charge in [0.1, 0.15) is 0 Å². The first kappa shape index (κ1) is 27.8. The molecule has 50 heavy (non-hydrogen) atoms. The molecule has 11 rings (SSSR count). The molecule has 2 nitrogen and oxygen atoms in total. The molecule has 1 aliphatic heterocycles. The molecule has 10 aromatic rings. The number of fused-ring (bicyclic) bond motifs is 12. The summed E-state index contributed by atoms with van der Waals surface area (Å²) in [7, 11) is 0. The van der Waals surface area contributed by atoms with Crippen LogP contribution in [0.3, 0.4) is 0 Å². The lowest BCUT2D eigenvalue weighted by atomic mass is 9.39. The molecule has 8 aromatic carbocycles. The monoisotopic (exact) mass is 652 g/mol. The lowest BCUT2D eigenvalue weighted by Crippen LogP contribution is -2.58. The minimum atomic E-state index is 0.0488. The molecule has 2 aromatic heterocycles. The van der Waals surface area contributed by atoms with Gasteiger partial charge in [-0.1, -0.05) is 145 Å². The fraction of sp³-hybridized carbons (Fsp3) is 0. The Labute approximate surface area is 294 Å². The molecule has 0 N–H and O–H groups in total. The first-order chi connectivity index (χ1) is 24.8. The fourth-order valence-corrected chi connectivity index (χ4v) is 9.88. The Morgan fingerprint density at radius 3 is 1.64 bits per heavy atom. The third kappa shape index (κ3) is 3.85. The maximum Gasteiger partial charge on any atom is 0.280 e. The molecule has 0 unspecified atom stereocenters. The molecule has 1 aliphatic rings. The molecule has 0 atom stereocenters. The van der Waals surface area contributed by atoms with Crippen molar-refractivity contribution in [2.24, 2.45) is 0 Å². The average Bonchev–Trinajstić information content (AvgIpc) is 3.74. The van der Waals surface area contributed by atoms with Crippen molar-refractivity contribution in [1.82, 2.24) is 4.57 Å². The summed E-state index contributed by atoms with van der Waals surface area (Å²) < 4.78 is 5.20. The van der Waals surface area contributed by atoms with Gasteiger partial charge in [-0.3, -0.25) is 0 Å². The Bertz CT molecular complexity index is 2910. The number of benzene rings is 8. The summed E-state index contributed by atoms with van der Waals surface area (Å²) in [6.07, 6.45) is 0. The van der Waals surface area contributed by atoms with E-state index in [4.69, 9.17) is 0 Å². The van der Waals surface area contributed by atoms with Crippen molar-refractivity contribution in [3.05, 3.63) is 176 Å². The fourth-order valence-electron chi connectivity index (χ4n) is 8.56. The van der Waals surface area contributed by atoms with Crippen molar-refractivity contribution in [2.45, 2.75) is 0 Å². The van der Waals surface area contributed by atoms with Crippen molar-refractivity contribution in [1.29, 1.82) is 0 Å². The molecular weight excluding hydrogens is 623 g/mol. The van der Waals surface area contributed by atoms with E-state index in [2.05, 4.69) is 185 Å². The van der Waals surface area contributed by atoms with Gasteiger partial charge in [-0.2, -0.15) is 0 Å². The SMILES string of the molecule is c1ccc(B2c3sc4ccccc4c3N(c3ccc4c5ccccc5c5ccccc5c4c3)c3c2n(-c2ccccc2)c2ccccc32)cc1. The number of thiophene rings is 1. The number of rotatable bonds is 3. The summed E-state index contributed by atoms with van der Waals surface area (Å²) in [5, 5.41) is 10.3. The van der Waals surface area contributed by atoms with Gasteiger partial charge < -0.3 is 9.47 Å². The van der Waals surface area contributed by atoms with Crippen LogP contribution in [0.2, 0.25) is 0 Å². The standard InChI is InChI=1S/C46H29BN2S/c1-3-15-30(16-4-1)47-45-43(38-23-11-13-25-41(38)48(45)31-17-5-2-6-18-31)49(44-39-24-12-14-26-42(39)50-46(44)47)32-27-28-37-35-21-8-7-19-33(35)34-20-9-10-22-36(34)40(37)29-32/h1-29H. The predicted octanol–water partition coefficient (Wildman–Crippen LogP) is 10.6. The van der Waals surface area contributed by atoms with Gasteiger partial charge in [0.25, 0.3) is 6.71 Å². The second-order valence-electron chi connectivity index (χ2n) is 13.2. The minimum Gasteiger partial charge on any atom is -0.319 e. The molecule has 4 heteroatoms. The van der Waals surface area contributed by atoms with E-state index in [1.165, 1.54) is 91.9 Å². The molecule has 0 fully saturated rings. The Hall–Kier alpha value is -6.10. The first-order valence-corrected chi connectivity index (χ1v) is 18.1. The Kier molecular flexibility index (Phi) is 5.95. The van der Waals surface area contributed by atoms with E-state index in [1.807, 2.05) is 11.3 Å². The van der Waals surface area contributed by atoms with Crippen LogP contribution in [0.1, 0.15) is 0 Å². The van der Waals surface area contributed by atoms with Crippen LogP contribution in [-0.2, 0) is 0 Å². The highest BCUT2D eigenvalue weighted by molar-refractivity contribution is 7.33. The molecule has 0 saturated carbocycles. The zero-order valence-corrected chi connectivity index (χ0v) is 27.9. The lowest BCUT2D eigenvalue weighted by molar-refractivity contribution is 1.16. The zero-order valence-electron chi connectivity index (χ0n) is 27.1. The highest BCUT2D eigenvalue weighted by atomic mass is 32.1. The molecule has 0 aliphatic carbocycles. The zero-order chi connectivity index (χ0) is 32.8. The summed E-state index contributed by atoms with van der Waals surface area (Å²) in [6.45, 7) is 0.0488. The van der Waals surface area contributed by atoms with E-state index in [1.54, 1.807) is 0 Å². The number of hydrogen-bond donors (Lipinski definition) is 0. The molecule has 0 radical (unpaired) electrons. The molecule has 3 heterocycles. The smallest absolute Gasteiger partial charge is 0.280 e. The highest BCUT2D eigenvalue weighted by Crippen LogP contribution is 2.48. The first-order valence-electron chi connectivity index (χ1n) is 17.2. The van der Waals surface area contributed by atoms with Gasteiger partial charge in [0.05, 0.1) is 16.9 Å². The van der Waals surface area contributed by atoms with Gasteiger partial charge in [0.2, 0.25) is 0 Å². The minimum absolute atomic E-state index is 0.0488. The van der Waals surface area contributed by atoms with Crippen LogP contribution in [0.4, 0.5) is 17.1 Å². The van der Waals surface area contributed by atoms with Gasteiger partial charge in [0.15, 0.2) is 0 Å². The van der Waals surface area contributed by atoms with Gasteiger partial charge in [-0.15, -0.1) is 11.3 Å². The summed E-state index contributed by atoms with van der Waals surface area (Å²) in [5.41, 5.74) is 8.69. The van der Waals surface area contributed by atoms with Gasteiger partial charge in [-0.25, -0.2) is 0 Å². The number of para-hydroxylation sites is 2. The van der Waals surface area contributed by atoms with Crippen molar-refractivity contribution in [2.75, 3.05) is 4.90 Å². The van der Waals surface area contributed by atoms with E-state index in [0.29, 0.717) is 0 Å². The van der Waals surface area contributed by atoms with E-state index in [-0.39, 0.29) is 6.71 Å². The topological polar surface area (TPSA) is 8.17 Å². The predicted molar refractivity (Wildman–Crippen MR) is 217 cm³/mol. The van der Waals surface area contributed by atoms with Crippen LogP contribution in [0.5, 0.6) is 0 Å². The van der Waals surface area contributed by atoms with Gasteiger partial charge in [-0.05, 0) is 68.7 Å². The van der Waals surface area contributed by atoms with Crippen LogP contribution in [-0.4, -0.2) is 11.3 Å². The van der Waals surface area contributed by atoms with E-state index < -0.39 is 0 Å². The van der Waals surface area contributed by atoms with Crippen LogP contribution in [0, 0.1) is 0 Å². The van der Waals surface area contributed by atoms with E-state index >= 15 is 0 Å². The van der Waals surface area contributed by atoms with Crippen molar-refractivity contribution in [3.8, 4) is 5.69 Å². The Morgan fingerprint density at radius 2 is 0.940 bits per heavy atom. The molecule has 0 amide bonds. The van der Waals surface area contributed by atoms with Crippen LogP contribution in [0.15, 0.2) is 176 Å². The quantitative estimate of drug-likeness (QED) is 0.136. The number of anilines is 3. The average molecular weight is 653 g/mol. The molecular formula is C46H29BN2S. The summed E-state index contributed by atoms with van der Waals surface area (Å²) in [4.78, 5) is 2.59. The van der Waals surface area contributed by atoms with Gasteiger partial charge >= 0.3 is 0 Å². The van der Waals surface area contributed by atoms with Crippen molar-refractivity contribution in [3.63, 3.8) is 0 Å². The Morgan fingerprint density at radius 1 is 0.400 bits per heavy atom. The lowest BCUT2D eigenvalue weighted by Gasteiger charge is -2.35. The molecule has 0 saturated heterocycles. The molecule has 0 spiro atoms. The number of nitrogens with zero attached hydrogens (tertiary/aromatic N) is 2. The largest absolute Gasteiger partial charge is 0.319 e. The van der Waals surface area contributed by atoms with Crippen LogP contribution in [0.25, 0.3) is 59.0 Å². The summed E-state index contributed by atoms with van der Waals surface area (Å²) in [6, 6.07) is 64.8. The second kappa shape index (κ2) is 10.7. The molecule has 0 bridgehead atoms. The summed E-state index contributed by atoms with van der Waals surface area (Å²) >= 11 is 1.93. The van der Waals surface area contributed by atoms with Gasteiger partial charge in [0, 0.05) is 37.2 Å². The number of aromatic nitrogens is 1. The third-order valence-electron chi connectivity index (χ3n) is 10.6. The second-order valence-corrected chi connectivity index (χ2v) is 14.3. The normalized spacial score (nSPS) is 12.7. The van der Waals surface area contributed by atoms with Crippen LogP contribution >= 0.6 is 11.3 Å². The number of hydrogen-bond acceptors (Lipinski definition) is 2. The van der Waals surface area contributed by atoms with Crippen LogP contribution < -0.4 is 20.7 Å². The van der Waals surface area contributed by atoms with Crippen molar-refractivity contribution < 1.29 is 0 Å². The van der Waals surface area contributed by atoms with E-state index in [0.717, 1.165) is 0 Å². The highest BCUT2D eigenvalue weighted by Gasteiger charge is 2.42. The molecule has 232 valence electrons. The Balaban J connectivity index is 1.31. The van der Waals surface area contributed by atoms with Crippen molar-refractivity contribution >= 4 is 104 Å². The summed E-state index contributed by atoms with van der Waals surface area (Å²) in [5.74, 6) is 0. The maximum atomic E-state index is 2.59. The van der Waals surface area contributed by atoms with E-state index in [9.17, 15) is 0 Å².